The van der Waals surface area contributed by atoms with Crippen LogP contribution in [0.25, 0.3) is 49.5 Å². The number of aromatic nitrogens is 1. The van der Waals surface area contributed by atoms with E-state index in [0.29, 0.717) is 6.54 Å². The Hall–Kier alpha value is -5.54. The van der Waals surface area contributed by atoms with Crippen LogP contribution < -0.4 is 0 Å². The van der Waals surface area contributed by atoms with E-state index in [1.807, 2.05) is 36.4 Å². The van der Waals surface area contributed by atoms with Crippen LogP contribution in [0.15, 0.2) is 150 Å². The second-order valence-corrected chi connectivity index (χ2v) is 11.2. The van der Waals surface area contributed by atoms with Gasteiger partial charge in [-0.05, 0) is 82.9 Å². The second-order valence-electron chi connectivity index (χ2n) is 11.2. The van der Waals surface area contributed by atoms with E-state index >= 15 is 0 Å². The number of benzene rings is 6. The molecule has 0 aliphatic carbocycles. The molecule has 6 aromatic carbocycles. The molecule has 7 rings (SSSR count). The van der Waals surface area contributed by atoms with E-state index in [9.17, 15) is 0 Å². The van der Waals surface area contributed by atoms with Gasteiger partial charge in [-0.25, -0.2) is 4.99 Å². The van der Waals surface area contributed by atoms with Gasteiger partial charge in [0.2, 0.25) is 0 Å². The topological polar surface area (TPSA) is 29.6 Å². The van der Waals surface area contributed by atoms with Gasteiger partial charge >= 0.3 is 0 Å². The third-order valence-electron chi connectivity index (χ3n) is 8.44. The Morgan fingerprint density at radius 1 is 0.659 bits per heavy atom. The monoisotopic (exact) mass is 567 g/mol. The first-order chi connectivity index (χ1) is 21.6. The zero-order valence-corrected chi connectivity index (χ0v) is 25.0. The summed E-state index contributed by atoms with van der Waals surface area (Å²) < 4.78 is 2.23. The van der Waals surface area contributed by atoms with Crippen molar-refractivity contribution in [2.75, 3.05) is 0 Å². The number of aliphatic imine (C=N–C) groups is 2. The molecular weight excluding hydrogens is 534 g/mol. The highest BCUT2D eigenvalue weighted by Gasteiger charge is 2.17. The van der Waals surface area contributed by atoms with Gasteiger partial charge in [0.1, 0.15) is 5.82 Å². The quantitative estimate of drug-likeness (QED) is 0.172. The lowest BCUT2D eigenvalue weighted by Gasteiger charge is -2.14. The smallest absolute Gasteiger partial charge is 0.138 e. The van der Waals surface area contributed by atoms with E-state index in [-0.39, 0.29) is 0 Å². The Morgan fingerprint density at radius 3 is 2.14 bits per heavy atom. The third kappa shape index (κ3) is 4.93. The standard InChI is InChI=1S/C41H33N3/c1-28-14-10-11-19-33(28)41-29(2)22-23-32-24-39-36(25-35(32)41)34-20-12-13-21-38(34)44(39)40(42-3)26-37(31-17-8-5-9-18-31)43-27-30-15-6-4-7-16-30/h4-26H,3,27H2,1-2H3/b40-26+,43-37?. The van der Waals surface area contributed by atoms with Gasteiger partial charge in [0.05, 0.1) is 23.3 Å². The molecule has 212 valence electrons. The molecule has 0 fully saturated rings. The van der Waals surface area contributed by atoms with E-state index < -0.39 is 0 Å². The van der Waals surface area contributed by atoms with Gasteiger partial charge < -0.3 is 0 Å². The Kier molecular flexibility index (Phi) is 7.21. The molecule has 0 N–H and O–H groups in total. The minimum Gasteiger partial charge on any atom is -0.294 e. The maximum Gasteiger partial charge on any atom is 0.138 e. The molecule has 0 saturated carbocycles. The van der Waals surface area contributed by atoms with E-state index in [2.05, 4.69) is 133 Å². The molecule has 1 aromatic heterocycles. The first kappa shape index (κ1) is 27.3. The van der Waals surface area contributed by atoms with Gasteiger partial charge in [-0.1, -0.05) is 115 Å². The van der Waals surface area contributed by atoms with Gasteiger partial charge in [-0.15, -0.1) is 0 Å². The Balaban J connectivity index is 1.48. The zero-order chi connectivity index (χ0) is 30.0. The van der Waals surface area contributed by atoms with Crippen LogP contribution >= 0.6 is 0 Å². The number of fused-ring (bicyclic) bond motifs is 4. The first-order valence-electron chi connectivity index (χ1n) is 15.0. The van der Waals surface area contributed by atoms with Crippen LogP contribution in [0.1, 0.15) is 22.3 Å². The summed E-state index contributed by atoms with van der Waals surface area (Å²) >= 11 is 0. The van der Waals surface area contributed by atoms with Crippen molar-refractivity contribution in [2.45, 2.75) is 20.4 Å². The summed E-state index contributed by atoms with van der Waals surface area (Å²) in [5.41, 5.74) is 10.3. The SMILES string of the molecule is C=N/C(=C\C(=NCc1ccccc1)c1ccccc1)n1c2ccccc2c2cc3c(-c4ccccc4C)c(C)ccc3cc21. The minimum atomic E-state index is 0.574. The summed E-state index contributed by atoms with van der Waals surface area (Å²) in [6.07, 6.45) is 2.06. The number of nitrogens with zero attached hydrogens (tertiary/aromatic N) is 3. The molecule has 0 bridgehead atoms. The first-order valence-corrected chi connectivity index (χ1v) is 15.0. The predicted octanol–water partition coefficient (Wildman–Crippen LogP) is 10.4. The summed E-state index contributed by atoms with van der Waals surface area (Å²) in [4.78, 5) is 9.69. The van der Waals surface area contributed by atoms with Gasteiger partial charge in [0, 0.05) is 16.8 Å². The molecule has 0 amide bonds. The number of para-hydroxylation sites is 1. The van der Waals surface area contributed by atoms with Crippen molar-refractivity contribution in [2.24, 2.45) is 9.98 Å². The molecule has 3 heteroatoms. The molecule has 0 aliphatic heterocycles. The van der Waals surface area contributed by atoms with Crippen LogP contribution in [-0.4, -0.2) is 17.0 Å². The minimum absolute atomic E-state index is 0.574. The van der Waals surface area contributed by atoms with Crippen LogP contribution in [0.5, 0.6) is 0 Å². The summed E-state index contributed by atoms with van der Waals surface area (Å²) in [7, 11) is 0. The number of aryl methyl sites for hydroxylation is 2. The van der Waals surface area contributed by atoms with Gasteiger partial charge in [-0.2, -0.15) is 0 Å². The van der Waals surface area contributed by atoms with E-state index in [1.165, 1.54) is 43.8 Å². The van der Waals surface area contributed by atoms with Crippen LogP contribution in [0, 0.1) is 13.8 Å². The molecular formula is C41H33N3. The molecule has 7 aromatic rings. The highest BCUT2D eigenvalue weighted by atomic mass is 15.1. The number of allylic oxidation sites excluding steroid dienone is 1. The van der Waals surface area contributed by atoms with Crippen molar-refractivity contribution >= 4 is 50.8 Å². The van der Waals surface area contributed by atoms with E-state index in [1.54, 1.807) is 0 Å². The Morgan fingerprint density at radius 2 is 1.36 bits per heavy atom. The van der Waals surface area contributed by atoms with E-state index in [4.69, 9.17) is 4.99 Å². The fourth-order valence-corrected chi connectivity index (χ4v) is 6.25. The molecule has 0 saturated heterocycles. The van der Waals surface area contributed by atoms with Crippen molar-refractivity contribution in [1.29, 1.82) is 0 Å². The predicted molar refractivity (Wildman–Crippen MR) is 189 cm³/mol. The Bertz CT molecular complexity index is 2220. The molecule has 3 nitrogen and oxygen atoms in total. The largest absolute Gasteiger partial charge is 0.294 e. The van der Waals surface area contributed by atoms with Crippen molar-refractivity contribution in [3.8, 4) is 11.1 Å². The van der Waals surface area contributed by atoms with Gasteiger partial charge in [0.15, 0.2) is 0 Å². The number of rotatable bonds is 7. The van der Waals surface area contributed by atoms with Crippen LogP contribution in [0.2, 0.25) is 0 Å². The third-order valence-corrected chi connectivity index (χ3v) is 8.44. The Labute approximate surface area is 258 Å². The molecule has 0 unspecified atom stereocenters. The van der Waals surface area contributed by atoms with Crippen molar-refractivity contribution in [1.82, 2.24) is 4.57 Å². The van der Waals surface area contributed by atoms with Crippen LogP contribution in [0.4, 0.5) is 0 Å². The highest BCUT2D eigenvalue weighted by Crippen LogP contribution is 2.40. The molecule has 0 spiro atoms. The fourth-order valence-electron chi connectivity index (χ4n) is 6.25. The summed E-state index contributed by atoms with van der Waals surface area (Å²) in [5, 5.41) is 4.81. The lowest BCUT2D eigenvalue weighted by Crippen LogP contribution is -2.03. The van der Waals surface area contributed by atoms with Crippen molar-refractivity contribution < 1.29 is 0 Å². The average Bonchev–Trinajstić information content (AvgIpc) is 3.38. The molecule has 0 radical (unpaired) electrons. The van der Waals surface area contributed by atoms with Crippen LogP contribution in [0.3, 0.4) is 0 Å². The maximum absolute atomic E-state index is 5.07. The summed E-state index contributed by atoms with van der Waals surface area (Å²) in [6, 6.07) is 47.0. The zero-order valence-electron chi connectivity index (χ0n) is 25.0. The van der Waals surface area contributed by atoms with Gasteiger partial charge in [-0.3, -0.25) is 9.56 Å². The normalized spacial score (nSPS) is 12.3. The molecule has 0 atom stereocenters. The summed E-state index contributed by atoms with van der Waals surface area (Å²) in [6.45, 7) is 9.01. The summed E-state index contributed by atoms with van der Waals surface area (Å²) in [5.74, 6) is 0.734. The fraction of sp³-hybridized carbons (Fsp3) is 0.0732. The van der Waals surface area contributed by atoms with E-state index in [0.717, 1.165) is 33.7 Å². The maximum atomic E-state index is 5.07. The lowest BCUT2D eigenvalue weighted by molar-refractivity contribution is 1.07. The number of hydrogen-bond acceptors (Lipinski definition) is 2. The van der Waals surface area contributed by atoms with Crippen LogP contribution in [-0.2, 0) is 6.54 Å². The molecule has 1 heterocycles. The average molecular weight is 568 g/mol. The number of hydrogen-bond donors (Lipinski definition) is 0. The lowest BCUT2D eigenvalue weighted by atomic mass is 9.90. The van der Waals surface area contributed by atoms with Gasteiger partial charge in [0.25, 0.3) is 0 Å². The second kappa shape index (κ2) is 11.6. The molecule has 0 aliphatic rings. The molecule has 44 heavy (non-hydrogen) atoms. The highest BCUT2D eigenvalue weighted by molar-refractivity contribution is 6.18. The van der Waals surface area contributed by atoms with Crippen molar-refractivity contribution in [3.63, 3.8) is 0 Å². The van der Waals surface area contributed by atoms with Crippen molar-refractivity contribution in [3.05, 3.63) is 162 Å².